The van der Waals surface area contributed by atoms with Gasteiger partial charge >= 0.3 is 0 Å². The van der Waals surface area contributed by atoms with Crippen LogP contribution in [-0.2, 0) is 0 Å². The van der Waals surface area contributed by atoms with Gasteiger partial charge in [-0.15, -0.1) is 0 Å². The highest BCUT2D eigenvalue weighted by molar-refractivity contribution is 5.92. The van der Waals surface area contributed by atoms with Crippen molar-refractivity contribution >= 4 is 10.8 Å². The van der Waals surface area contributed by atoms with Gasteiger partial charge in [0.1, 0.15) is 5.75 Å². The van der Waals surface area contributed by atoms with Crippen LogP contribution in [0.1, 0.15) is 40.8 Å². The van der Waals surface area contributed by atoms with Crippen molar-refractivity contribution in [2.24, 2.45) is 0 Å². The molecule has 1 aromatic carbocycles. The summed E-state index contributed by atoms with van der Waals surface area (Å²) in [6.07, 6.45) is 0. The second-order valence-electron chi connectivity index (χ2n) is 6.47. The first-order valence-electron chi connectivity index (χ1n) is 8.42. The van der Waals surface area contributed by atoms with Gasteiger partial charge in [0, 0.05) is 22.2 Å². The van der Waals surface area contributed by atoms with Gasteiger partial charge in [0.25, 0.3) is 0 Å². The van der Waals surface area contributed by atoms with E-state index in [1.165, 1.54) is 39.0 Å². The fourth-order valence-corrected chi connectivity index (χ4v) is 3.83. The zero-order valence-corrected chi connectivity index (χ0v) is 15.6. The fourth-order valence-electron chi connectivity index (χ4n) is 3.83. The van der Waals surface area contributed by atoms with E-state index in [1.807, 2.05) is 20.8 Å². The van der Waals surface area contributed by atoms with E-state index in [4.69, 9.17) is 4.74 Å². The first kappa shape index (κ1) is 16.5. The van der Waals surface area contributed by atoms with Crippen molar-refractivity contribution in [1.82, 2.24) is 14.8 Å². The van der Waals surface area contributed by atoms with Gasteiger partial charge in [0.05, 0.1) is 23.7 Å². The highest BCUT2D eigenvalue weighted by atomic mass is 16.5. The minimum Gasteiger partial charge on any atom is -0.494 e. The van der Waals surface area contributed by atoms with Crippen LogP contribution in [0.2, 0.25) is 0 Å². The topological polar surface area (TPSA) is 39.9 Å². The summed E-state index contributed by atoms with van der Waals surface area (Å²) in [5, 5.41) is 11.1. The van der Waals surface area contributed by atoms with Gasteiger partial charge in [-0.25, -0.2) is 0 Å². The molecule has 126 valence electrons. The summed E-state index contributed by atoms with van der Waals surface area (Å²) in [7, 11) is 0. The maximum Gasteiger partial charge on any atom is 0.119 e. The molecule has 0 atom stereocenters. The number of ether oxygens (including phenoxy) is 1. The van der Waals surface area contributed by atoms with E-state index >= 15 is 0 Å². The van der Waals surface area contributed by atoms with Gasteiger partial charge in [-0.2, -0.15) is 10.2 Å². The highest BCUT2D eigenvalue weighted by Gasteiger charge is 2.20. The number of aryl methyl sites for hydroxylation is 6. The highest BCUT2D eigenvalue weighted by Crippen LogP contribution is 2.34. The van der Waals surface area contributed by atoms with Crippen LogP contribution in [-0.4, -0.2) is 21.4 Å². The largest absolute Gasteiger partial charge is 0.494 e. The van der Waals surface area contributed by atoms with Crippen LogP contribution in [0.5, 0.6) is 5.75 Å². The molecule has 0 aliphatic carbocycles. The van der Waals surface area contributed by atoms with Crippen LogP contribution in [0.15, 0.2) is 12.1 Å². The van der Waals surface area contributed by atoms with Gasteiger partial charge in [0.15, 0.2) is 0 Å². The summed E-state index contributed by atoms with van der Waals surface area (Å²) < 4.78 is 8.03. The molecule has 0 bridgehead atoms. The smallest absolute Gasteiger partial charge is 0.119 e. The SMILES string of the molecule is CCOc1cc(C)c(-n2c(C)c3c(C)nnc(C)c3c2C)c(C)c1. The molecule has 3 aromatic rings. The zero-order chi connectivity index (χ0) is 17.6. The molecule has 0 aliphatic rings. The van der Waals surface area contributed by atoms with Gasteiger partial charge in [-0.05, 0) is 71.7 Å². The molecule has 0 amide bonds. The van der Waals surface area contributed by atoms with Gasteiger partial charge in [-0.1, -0.05) is 0 Å². The van der Waals surface area contributed by atoms with E-state index in [0.29, 0.717) is 6.61 Å². The third kappa shape index (κ3) is 2.37. The van der Waals surface area contributed by atoms with Crippen molar-refractivity contribution in [2.45, 2.75) is 48.5 Å². The molecule has 0 saturated heterocycles. The van der Waals surface area contributed by atoms with Crippen molar-refractivity contribution in [3.63, 3.8) is 0 Å². The normalized spacial score (nSPS) is 11.3. The quantitative estimate of drug-likeness (QED) is 0.703. The number of rotatable bonds is 3. The lowest BCUT2D eigenvalue weighted by Gasteiger charge is -2.17. The summed E-state index contributed by atoms with van der Waals surface area (Å²) in [6.45, 7) is 15.4. The molecule has 0 spiro atoms. The summed E-state index contributed by atoms with van der Waals surface area (Å²) in [5.74, 6) is 0.930. The van der Waals surface area contributed by atoms with Crippen LogP contribution >= 0.6 is 0 Å². The molecule has 4 nitrogen and oxygen atoms in total. The van der Waals surface area contributed by atoms with E-state index in [9.17, 15) is 0 Å². The maximum atomic E-state index is 5.69. The lowest BCUT2D eigenvalue weighted by molar-refractivity contribution is 0.340. The number of nitrogens with zero attached hydrogens (tertiary/aromatic N) is 3. The number of aromatic nitrogens is 3. The second-order valence-corrected chi connectivity index (χ2v) is 6.47. The fraction of sp³-hybridized carbons (Fsp3) is 0.400. The van der Waals surface area contributed by atoms with Crippen LogP contribution in [0, 0.1) is 41.5 Å². The minimum atomic E-state index is 0.680. The van der Waals surface area contributed by atoms with Crippen LogP contribution in [0.4, 0.5) is 0 Å². The number of fused-ring (bicyclic) bond motifs is 1. The Labute approximate surface area is 143 Å². The Morgan fingerprint density at radius 2 is 1.29 bits per heavy atom. The molecular weight excluding hydrogens is 298 g/mol. The van der Waals surface area contributed by atoms with Crippen molar-refractivity contribution in [2.75, 3.05) is 6.61 Å². The Bertz CT molecular complexity index is 870. The molecular formula is C20H25N3O. The summed E-state index contributed by atoms with van der Waals surface area (Å²) in [6, 6.07) is 4.23. The molecule has 0 fully saturated rings. The minimum absolute atomic E-state index is 0.680. The van der Waals surface area contributed by atoms with Gasteiger partial charge < -0.3 is 9.30 Å². The summed E-state index contributed by atoms with van der Waals surface area (Å²) in [5.41, 5.74) is 8.04. The van der Waals surface area contributed by atoms with E-state index in [1.54, 1.807) is 0 Å². The summed E-state index contributed by atoms with van der Waals surface area (Å²) >= 11 is 0. The molecule has 2 heterocycles. The van der Waals surface area contributed by atoms with Gasteiger partial charge in [-0.3, -0.25) is 0 Å². The third-order valence-electron chi connectivity index (χ3n) is 4.72. The maximum absolute atomic E-state index is 5.69. The molecule has 0 unspecified atom stereocenters. The molecule has 24 heavy (non-hydrogen) atoms. The first-order chi connectivity index (χ1) is 11.4. The van der Waals surface area contributed by atoms with Gasteiger partial charge in [0.2, 0.25) is 0 Å². The molecule has 2 aromatic heterocycles. The summed E-state index contributed by atoms with van der Waals surface area (Å²) in [4.78, 5) is 0. The molecule has 0 radical (unpaired) electrons. The average Bonchev–Trinajstić information content (AvgIpc) is 2.77. The van der Waals surface area contributed by atoms with Crippen molar-refractivity contribution in [3.8, 4) is 11.4 Å². The Balaban J connectivity index is 2.36. The van der Waals surface area contributed by atoms with Crippen LogP contribution in [0.25, 0.3) is 16.5 Å². The predicted octanol–water partition coefficient (Wildman–Crippen LogP) is 4.67. The van der Waals surface area contributed by atoms with Crippen LogP contribution < -0.4 is 4.74 Å². The molecule has 4 heteroatoms. The lowest BCUT2D eigenvalue weighted by Crippen LogP contribution is -2.05. The zero-order valence-electron chi connectivity index (χ0n) is 15.6. The van der Waals surface area contributed by atoms with Crippen molar-refractivity contribution in [3.05, 3.63) is 46.0 Å². The van der Waals surface area contributed by atoms with Crippen molar-refractivity contribution < 1.29 is 4.74 Å². The van der Waals surface area contributed by atoms with E-state index in [2.05, 4.69) is 54.6 Å². The van der Waals surface area contributed by atoms with Crippen LogP contribution in [0.3, 0.4) is 0 Å². The lowest BCUT2D eigenvalue weighted by atomic mass is 10.1. The standard InChI is InChI=1S/C20H25N3O/c1-8-24-17-9-11(2)20(12(3)10-17)23-15(6)18-13(4)21-22-14(5)19(18)16(23)7/h9-10H,8H2,1-7H3. The molecule has 3 rings (SSSR count). The van der Waals surface area contributed by atoms with E-state index in [0.717, 1.165) is 17.1 Å². The predicted molar refractivity (Wildman–Crippen MR) is 98.5 cm³/mol. The van der Waals surface area contributed by atoms with Crippen molar-refractivity contribution in [1.29, 1.82) is 0 Å². The number of benzene rings is 1. The Morgan fingerprint density at radius 3 is 1.71 bits per heavy atom. The second kappa shape index (κ2) is 5.93. The Morgan fingerprint density at radius 1 is 0.833 bits per heavy atom. The first-order valence-corrected chi connectivity index (χ1v) is 8.42. The Hall–Kier alpha value is -2.36. The van der Waals surface area contributed by atoms with E-state index < -0.39 is 0 Å². The molecule has 0 saturated carbocycles. The third-order valence-corrected chi connectivity index (χ3v) is 4.72. The number of hydrogen-bond donors (Lipinski definition) is 0. The van der Waals surface area contributed by atoms with E-state index in [-0.39, 0.29) is 0 Å². The average molecular weight is 323 g/mol. The Kier molecular flexibility index (Phi) is 4.08. The number of hydrogen-bond acceptors (Lipinski definition) is 3. The molecule has 0 aliphatic heterocycles. The molecule has 0 N–H and O–H groups in total. The monoisotopic (exact) mass is 323 g/mol.